The molecule has 1 nitrogen and oxygen atoms in total. The van der Waals surface area contributed by atoms with Gasteiger partial charge in [-0.1, -0.05) is 60.7 Å². The highest BCUT2D eigenvalue weighted by Crippen LogP contribution is 2.38. The molecule has 0 radical (unpaired) electrons. The molecule has 0 amide bonds. The van der Waals surface area contributed by atoms with Gasteiger partial charge in [0.05, 0.1) is 10.2 Å². The molecule has 0 aliphatic heterocycles. The van der Waals surface area contributed by atoms with Gasteiger partial charge in [0.2, 0.25) is 0 Å². The fraction of sp³-hybridized carbons (Fsp3) is 0. The largest absolute Gasteiger partial charge is 0.236 e. The third-order valence-corrected chi connectivity index (χ3v) is 5.67. The second kappa shape index (κ2) is 6.04. The molecule has 3 heteroatoms. The minimum atomic E-state index is -0.218. The van der Waals surface area contributed by atoms with Gasteiger partial charge < -0.3 is 0 Å². The molecule has 0 fully saturated rings. The molecular weight excluding hydrogens is 341 g/mol. The van der Waals surface area contributed by atoms with Gasteiger partial charge in [0.15, 0.2) is 0 Å². The minimum absolute atomic E-state index is 0.218. The molecule has 0 saturated heterocycles. The van der Waals surface area contributed by atoms with Gasteiger partial charge in [-0.15, -0.1) is 11.3 Å². The number of fused-ring (bicyclic) bond motifs is 2. The maximum atomic E-state index is 13.3. The van der Waals surface area contributed by atoms with Crippen LogP contribution in [0.2, 0.25) is 0 Å². The first-order chi connectivity index (χ1) is 12.8. The molecule has 0 N–H and O–H groups in total. The van der Waals surface area contributed by atoms with Crippen molar-refractivity contribution in [1.29, 1.82) is 0 Å². The van der Waals surface area contributed by atoms with E-state index in [2.05, 4.69) is 30.3 Å². The molecule has 0 saturated carbocycles. The van der Waals surface area contributed by atoms with E-state index in [4.69, 9.17) is 4.98 Å². The Balaban J connectivity index is 1.75. The van der Waals surface area contributed by atoms with Gasteiger partial charge in [0.25, 0.3) is 0 Å². The molecular formula is C23H14FNS. The van der Waals surface area contributed by atoms with E-state index in [0.29, 0.717) is 0 Å². The predicted octanol–water partition coefficient (Wildman–Crippen LogP) is 6.92. The van der Waals surface area contributed by atoms with Crippen LogP contribution >= 0.6 is 11.3 Å². The van der Waals surface area contributed by atoms with Crippen LogP contribution in [0.15, 0.2) is 84.9 Å². The number of hydrogen-bond donors (Lipinski definition) is 0. The highest BCUT2D eigenvalue weighted by molar-refractivity contribution is 7.21. The lowest BCUT2D eigenvalue weighted by atomic mass is 9.95. The normalized spacial score (nSPS) is 11.3. The van der Waals surface area contributed by atoms with E-state index in [-0.39, 0.29) is 5.82 Å². The van der Waals surface area contributed by atoms with Crippen molar-refractivity contribution in [2.24, 2.45) is 0 Å². The molecule has 1 aromatic heterocycles. The molecule has 5 aromatic rings. The van der Waals surface area contributed by atoms with Gasteiger partial charge in [-0.3, -0.25) is 0 Å². The zero-order chi connectivity index (χ0) is 17.5. The second-order valence-corrected chi connectivity index (χ2v) is 7.23. The van der Waals surface area contributed by atoms with Crippen molar-refractivity contribution < 1.29 is 4.39 Å². The fourth-order valence-electron chi connectivity index (χ4n) is 3.35. The van der Waals surface area contributed by atoms with E-state index in [0.717, 1.165) is 38.0 Å². The number of aromatic nitrogens is 1. The maximum Gasteiger partial charge on any atom is 0.125 e. The molecule has 26 heavy (non-hydrogen) atoms. The van der Waals surface area contributed by atoms with Crippen LogP contribution in [0.5, 0.6) is 0 Å². The molecule has 4 aromatic carbocycles. The van der Waals surface area contributed by atoms with Crippen molar-refractivity contribution in [3.8, 4) is 21.7 Å². The zero-order valence-electron chi connectivity index (χ0n) is 13.8. The van der Waals surface area contributed by atoms with Crippen molar-refractivity contribution in [1.82, 2.24) is 4.98 Å². The number of rotatable bonds is 2. The highest BCUT2D eigenvalue weighted by Gasteiger charge is 2.12. The molecule has 0 unspecified atom stereocenters. The maximum absolute atomic E-state index is 13.3. The Bertz CT molecular complexity index is 1210. The molecule has 0 bridgehead atoms. The van der Waals surface area contributed by atoms with Crippen LogP contribution < -0.4 is 0 Å². The van der Waals surface area contributed by atoms with Crippen molar-refractivity contribution in [2.45, 2.75) is 0 Å². The van der Waals surface area contributed by atoms with Crippen molar-refractivity contribution in [3.05, 3.63) is 90.7 Å². The molecule has 1 heterocycles. The van der Waals surface area contributed by atoms with Gasteiger partial charge in [-0.2, -0.15) is 0 Å². The summed E-state index contributed by atoms with van der Waals surface area (Å²) in [6.45, 7) is 0. The standard InChI is InChI=1S/C23H14FNS/c24-16-11-9-15(10-12-16)17-13-14-20(19-6-2-1-5-18(17)19)23-25-21-7-3-4-8-22(21)26-23/h1-14H. The number of benzene rings is 4. The smallest absolute Gasteiger partial charge is 0.125 e. The number of thiazole rings is 1. The van der Waals surface area contributed by atoms with Crippen LogP contribution in [0.25, 0.3) is 42.7 Å². The number of hydrogen-bond acceptors (Lipinski definition) is 2. The second-order valence-electron chi connectivity index (χ2n) is 6.20. The lowest BCUT2D eigenvalue weighted by molar-refractivity contribution is 0.628. The summed E-state index contributed by atoms with van der Waals surface area (Å²) in [5, 5.41) is 3.33. The van der Waals surface area contributed by atoms with E-state index in [1.165, 1.54) is 16.8 Å². The lowest BCUT2D eigenvalue weighted by Gasteiger charge is -2.10. The van der Waals surface area contributed by atoms with Gasteiger partial charge in [0.1, 0.15) is 10.8 Å². The Hall–Kier alpha value is -3.04. The van der Waals surface area contributed by atoms with Gasteiger partial charge in [0, 0.05) is 5.56 Å². The molecule has 124 valence electrons. The fourth-order valence-corrected chi connectivity index (χ4v) is 4.36. The van der Waals surface area contributed by atoms with Crippen molar-refractivity contribution in [2.75, 3.05) is 0 Å². The Morgan fingerprint density at radius 1 is 0.654 bits per heavy atom. The summed E-state index contributed by atoms with van der Waals surface area (Å²) >= 11 is 1.71. The average molecular weight is 355 g/mol. The van der Waals surface area contributed by atoms with E-state index in [9.17, 15) is 4.39 Å². The summed E-state index contributed by atoms with van der Waals surface area (Å²) in [5.41, 5.74) is 4.27. The van der Waals surface area contributed by atoms with Crippen LogP contribution in [0.1, 0.15) is 0 Å². The van der Waals surface area contributed by atoms with Crippen LogP contribution in [-0.2, 0) is 0 Å². The van der Waals surface area contributed by atoms with Crippen LogP contribution in [0, 0.1) is 5.82 Å². The van der Waals surface area contributed by atoms with Crippen LogP contribution in [-0.4, -0.2) is 4.98 Å². The number of halogens is 1. The minimum Gasteiger partial charge on any atom is -0.236 e. The molecule has 0 aliphatic rings. The molecule has 0 aliphatic carbocycles. The van der Waals surface area contributed by atoms with Crippen molar-refractivity contribution in [3.63, 3.8) is 0 Å². The highest BCUT2D eigenvalue weighted by atomic mass is 32.1. The molecule has 5 rings (SSSR count). The van der Waals surface area contributed by atoms with E-state index >= 15 is 0 Å². The topological polar surface area (TPSA) is 12.9 Å². The Morgan fingerprint density at radius 2 is 1.31 bits per heavy atom. The van der Waals surface area contributed by atoms with E-state index in [1.807, 2.05) is 42.5 Å². The summed E-state index contributed by atoms with van der Waals surface area (Å²) in [7, 11) is 0. The third kappa shape index (κ3) is 2.49. The van der Waals surface area contributed by atoms with Crippen molar-refractivity contribution >= 4 is 32.3 Å². The average Bonchev–Trinajstić information content (AvgIpc) is 3.12. The van der Waals surface area contributed by atoms with Crippen LogP contribution in [0.4, 0.5) is 4.39 Å². The number of para-hydroxylation sites is 1. The summed E-state index contributed by atoms with van der Waals surface area (Å²) < 4.78 is 14.5. The SMILES string of the molecule is Fc1ccc(-c2ccc(-c3nc4ccccc4s3)c3ccccc23)cc1. The first kappa shape index (κ1) is 15.2. The third-order valence-electron chi connectivity index (χ3n) is 4.60. The van der Waals surface area contributed by atoms with E-state index in [1.54, 1.807) is 11.3 Å². The summed E-state index contributed by atoms with van der Waals surface area (Å²) in [6, 6.07) is 27.4. The Kier molecular flexibility index (Phi) is 3.54. The quantitative estimate of drug-likeness (QED) is 0.335. The lowest BCUT2D eigenvalue weighted by Crippen LogP contribution is -1.86. The Labute approximate surface area is 154 Å². The Morgan fingerprint density at radius 3 is 2.08 bits per heavy atom. The first-order valence-corrected chi connectivity index (χ1v) is 9.25. The molecule has 0 spiro atoms. The number of nitrogens with zero attached hydrogens (tertiary/aromatic N) is 1. The molecule has 0 atom stereocenters. The van der Waals surface area contributed by atoms with E-state index < -0.39 is 0 Å². The predicted molar refractivity (Wildman–Crippen MR) is 108 cm³/mol. The summed E-state index contributed by atoms with van der Waals surface area (Å²) in [6.07, 6.45) is 0. The first-order valence-electron chi connectivity index (χ1n) is 8.43. The summed E-state index contributed by atoms with van der Waals surface area (Å²) in [5.74, 6) is -0.218. The van der Waals surface area contributed by atoms with Gasteiger partial charge in [-0.05, 0) is 46.2 Å². The monoisotopic (exact) mass is 355 g/mol. The summed E-state index contributed by atoms with van der Waals surface area (Å²) in [4.78, 5) is 4.82. The van der Waals surface area contributed by atoms with Gasteiger partial charge >= 0.3 is 0 Å². The zero-order valence-corrected chi connectivity index (χ0v) is 14.6. The van der Waals surface area contributed by atoms with Crippen LogP contribution in [0.3, 0.4) is 0 Å². The van der Waals surface area contributed by atoms with Gasteiger partial charge in [-0.25, -0.2) is 9.37 Å².